The Morgan fingerprint density at radius 3 is 2.21 bits per heavy atom. The Balaban J connectivity index is 0.00000169. The standard InChI is InChI=1S/C10H20N2O.ClH/c1-8(2)12-9(13)10(11)6-4-3-5-7-10;/h8H,3-7,11H2,1-2H3,(H,12,13);1H. The summed E-state index contributed by atoms with van der Waals surface area (Å²) >= 11 is 0. The molecule has 1 saturated carbocycles. The molecule has 0 radical (unpaired) electrons. The first-order chi connectivity index (χ1) is 6.04. The fourth-order valence-corrected chi connectivity index (χ4v) is 1.82. The summed E-state index contributed by atoms with van der Waals surface area (Å²) in [7, 11) is 0. The van der Waals surface area contributed by atoms with Gasteiger partial charge in [0, 0.05) is 6.04 Å². The van der Waals surface area contributed by atoms with Gasteiger partial charge in [-0.25, -0.2) is 0 Å². The minimum absolute atomic E-state index is 0. The van der Waals surface area contributed by atoms with Crippen LogP contribution in [0.4, 0.5) is 0 Å². The molecule has 4 heteroatoms. The second-order valence-corrected chi connectivity index (χ2v) is 4.34. The maximum Gasteiger partial charge on any atom is 0.240 e. The lowest BCUT2D eigenvalue weighted by Gasteiger charge is -2.32. The molecule has 0 unspecified atom stereocenters. The summed E-state index contributed by atoms with van der Waals surface area (Å²) in [6.07, 6.45) is 5.06. The quantitative estimate of drug-likeness (QED) is 0.743. The molecule has 1 fully saturated rings. The fourth-order valence-electron chi connectivity index (χ4n) is 1.82. The van der Waals surface area contributed by atoms with Crippen LogP contribution in [0.1, 0.15) is 46.0 Å². The number of carbonyl (C=O) groups excluding carboxylic acids is 1. The van der Waals surface area contributed by atoms with E-state index in [0.717, 1.165) is 25.7 Å². The summed E-state index contributed by atoms with van der Waals surface area (Å²) in [4.78, 5) is 11.7. The van der Waals surface area contributed by atoms with Crippen LogP contribution in [0, 0.1) is 0 Å². The molecule has 1 aliphatic rings. The van der Waals surface area contributed by atoms with E-state index in [9.17, 15) is 4.79 Å². The van der Waals surface area contributed by atoms with Crippen molar-refractivity contribution in [2.45, 2.75) is 57.5 Å². The van der Waals surface area contributed by atoms with Gasteiger partial charge in [0.15, 0.2) is 0 Å². The van der Waals surface area contributed by atoms with Crippen molar-refractivity contribution in [3.05, 3.63) is 0 Å². The Hall–Kier alpha value is -0.280. The molecule has 14 heavy (non-hydrogen) atoms. The van der Waals surface area contributed by atoms with Crippen molar-refractivity contribution in [2.75, 3.05) is 0 Å². The summed E-state index contributed by atoms with van der Waals surface area (Å²) in [6, 6.07) is 0.190. The summed E-state index contributed by atoms with van der Waals surface area (Å²) < 4.78 is 0. The molecular weight excluding hydrogens is 200 g/mol. The van der Waals surface area contributed by atoms with E-state index >= 15 is 0 Å². The normalized spacial score (nSPS) is 20.0. The highest BCUT2D eigenvalue weighted by Crippen LogP contribution is 2.25. The predicted octanol–water partition coefficient (Wildman–Crippen LogP) is 1.59. The highest BCUT2D eigenvalue weighted by Gasteiger charge is 2.35. The number of nitrogens with one attached hydrogen (secondary N) is 1. The van der Waals surface area contributed by atoms with Crippen molar-refractivity contribution in [2.24, 2.45) is 5.73 Å². The van der Waals surface area contributed by atoms with E-state index in [-0.39, 0.29) is 24.4 Å². The van der Waals surface area contributed by atoms with Gasteiger partial charge in [-0.1, -0.05) is 19.3 Å². The van der Waals surface area contributed by atoms with E-state index in [1.807, 2.05) is 13.8 Å². The largest absolute Gasteiger partial charge is 0.352 e. The number of halogens is 1. The summed E-state index contributed by atoms with van der Waals surface area (Å²) in [5, 5.41) is 2.89. The third kappa shape index (κ3) is 3.46. The van der Waals surface area contributed by atoms with Gasteiger partial charge in [-0.2, -0.15) is 0 Å². The van der Waals surface area contributed by atoms with Gasteiger partial charge in [-0.3, -0.25) is 4.79 Å². The molecule has 84 valence electrons. The highest BCUT2D eigenvalue weighted by atomic mass is 35.5. The van der Waals surface area contributed by atoms with Crippen molar-refractivity contribution < 1.29 is 4.79 Å². The fraction of sp³-hybridized carbons (Fsp3) is 0.900. The van der Waals surface area contributed by atoms with Gasteiger partial charge in [-0.05, 0) is 26.7 Å². The molecule has 1 aliphatic carbocycles. The Morgan fingerprint density at radius 1 is 1.29 bits per heavy atom. The predicted molar refractivity (Wildman–Crippen MR) is 60.5 cm³/mol. The molecule has 0 aromatic rings. The summed E-state index contributed by atoms with van der Waals surface area (Å²) in [6.45, 7) is 3.92. The van der Waals surface area contributed by atoms with Gasteiger partial charge in [0.05, 0.1) is 5.54 Å². The number of nitrogens with two attached hydrogens (primary N) is 1. The summed E-state index contributed by atoms with van der Waals surface area (Å²) in [5.74, 6) is 0.0298. The lowest BCUT2D eigenvalue weighted by Crippen LogP contribution is -2.56. The van der Waals surface area contributed by atoms with Gasteiger partial charge in [0.1, 0.15) is 0 Å². The average molecular weight is 221 g/mol. The van der Waals surface area contributed by atoms with Gasteiger partial charge in [0.25, 0.3) is 0 Å². The van der Waals surface area contributed by atoms with Crippen molar-refractivity contribution in [1.29, 1.82) is 0 Å². The Labute approximate surface area is 92.2 Å². The minimum Gasteiger partial charge on any atom is -0.352 e. The first-order valence-corrected chi connectivity index (χ1v) is 5.14. The van der Waals surface area contributed by atoms with Crippen LogP contribution >= 0.6 is 12.4 Å². The Morgan fingerprint density at radius 2 is 1.79 bits per heavy atom. The van der Waals surface area contributed by atoms with Gasteiger partial charge in [0.2, 0.25) is 5.91 Å². The van der Waals surface area contributed by atoms with E-state index in [2.05, 4.69) is 5.32 Å². The zero-order chi connectivity index (χ0) is 9.90. The van der Waals surface area contributed by atoms with Crippen LogP contribution in [-0.2, 0) is 4.79 Å². The number of hydrogen-bond donors (Lipinski definition) is 2. The zero-order valence-corrected chi connectivity index (χ0v) is 9.82. The zero-order valence-electron chi connectivity index (χ0n) is 9.01. The molecule has 1 amide bonds. The third-order valence-corrected chi connectivity index (χ3v) is 2.62. The van der Waals surface area contributed by atoms with Crippen LogP contribution in [0.5, 0.6) is 0 Å². The molecule has 0 aromatic heterocycles. The molecule has 0 spiro atoms. The Bertz CT molecular complexity index is 189. The van der Waals surface area contributed by atoms with E-state index in [1.165, 1.54) is 6.42 Å². The first-order valence-electron chi connectivity index (χ1n) is 5.14. The molecule has 3 nitrogen and oxygen atoms in total. The number of amides is 1. The SMILES string of the molecule is CC(C)NC(=O)C1(N)CCCCC1.Cl. The highest BCUT2D eigenvalue weighted by molar-refractivity contribution is 5.86. The van der Waals surface area contributed by atoms with Crippen molar-refractivity contribution in [3.63, 3.8) is 0 Å². The maximum atomic E-state index is 11.7. The molecule has 0 heterocycles. The van der Waals surface area contributed by atoms with Crippen molar-refractivity contribution >= 4 is 18.3 Å². The van der Waals surface area contributed by atoms with Gasteiger partial charge >= 0.3 is 0 Å². The van der Waals surface area contributed by atoms with Gasteiger partial charge in [-0.15, -0.1) is 12.4 Å². The maximum absolute atomic E-state index is 11.7. The van der Waals surface area contributed by atoms with Crippen LogP contribution < -0.4 is 11.1 Å². The molecule has 0 aliphatic heterocycles. The molecule has 0 saturated heterocycles. The van der Waals surface area contributed by atoms with E-state index in [0.29, 0.717) is 0 Å². The van der Waals surface area contributed by atoms with Crippen LogP contribution in [0.25, 0.3) is 0 Å². The smallest absolute Gasteiger partial charge is 0.240 e. The second-order valence-electron chi connectivity index (χ2n) is 4.34. The molecular formula is C10H21ClN2O. The molecule has 0 aromatic carbocycles. The Kier molecular flexibility index (Phi) is 5.45. The molecule has 3 N–H and O–H groups in total. The summed E-state index contributed by atoms with van der Waals surface area (Å²) in [5.41, 5.74) is 5.46. The van der Waals surface area contributed by atoms with E-state index < -0.39 is 5.54 Å². The minimum atomic E-state index is -0.581. The molecule has 0 atom stereocenters. The van der Waals surface area contributed by atoms with Gasteiger partial charge < -0.3 is 11.1 Å². The van der Waals surface area contributed by atoms with Crippen molar-refractivity contribution in [1.82, 2.24) is 5.32 Å². The lowest BCUT2D eigenvalue weighted by atomic mass is 9.82. The van der Waals surface area contributed by atoms with Crippen LogP contribution in [0.2, 0.25) is 0 Å². The third-order valence-electron chi connectivity index (χ3n) is 2.62. The monoisotopic (exact) mass is 220 g/mol. The molecule has 1 rings (SSSR count). The molecule has 0 bridgehead atoms. The lowest BCUT2D eigenvalue weighted by molar-refractivity contribution is -0.128. The average Bonchev–Trinajstić information content (AvgIpc) is 2.04. The van der Waals surface area contributed by atoms with Crippen LogP contribution in [-0.4, -0.2) is 17.5 Å². The number of rotatable bonds is 2. The number of hydrogen-bond acceptors (Lipinski definition) is 2. The first kappa shape index (κ1) is 13.7. The topological polar surface area (TPSA) is 55.1 Å². The van der Waals surface area contributed by atoms with Crippen LogP contribution in [0.15, 0.2) is 0 Å². The second kappa shape index (κ2) is 5.56. The van der Waals surface area contributed by atoms with Crippen molar-refractivity contribution in [3.8, 4) is 0 Å². The van der Waals surface area contributed by atoms with Crippen LogP contribution in [0.3, 0.4) is 0 Å². The van der Waals surface area contributed by atoms with E-state index in [4.69, 9.17) is 5.73 Å². The number of carbonyl (C=O) groups is 1. The van der Waals surface area contributed by atoms with E-state index in [1.54, 1.807) is 0 Å².